The maximum atomic E-state index is 12.6. The van der Waals surface area contributed by atoms with Crippen LogP contribution >= 0.6 is 15.9 Å². The van der Waals surface area contributed by atoms with Gasteiger partial charge in [-0.25, -0.2) is 13.1 Å². The van der Waals surface area contributed by atoms with Crippen LogP contribution < -0.4 is 15.2 Å². The molecule has 2 atom stereocenters. The molecule has 0 aliphatic heterocycles. The van der Waals surface area contributed by atoms with Crippen LogP contribution in [0.25, 0.3) is 0 Å². The molecular weight excluding hydrogens is 356 g/mol. The molecule has 0 amide bonds. The Hall–Kier alpha value is -0.630. The Labute approximate surface area is 134 Å². The molecule has 1 fully saturated rings. The van der Waals surface area contributed by atoms with Crippen molar-refractivity contribution in [3.05, 3.63) is 22.7 Å². The first-order chi connectivity index (χ1) is 9.97. The van der Waals surface area contributed by atoms with Gasteiger partial charge in [-0.1, -0.05) is 12.8 Å². The number of benzene rings is 1. The number of ether oxygens (including phenoxy) is 1. The molecule has 0 saturated heterocycles. The monoisotopic (exact) mass is 376 g/mol. The minimum atomic E-state index is -3.60. The quantitative estimate of drug-likeness (QED) is 0.825. The molecule has 5 nitrogen and oxygen atoms in total. The van der Waals surface area contributed by atoms with Crippen molar-refractivity contribution in [1.29, 1.82) is 0 Å². The van der Waals surface area contributed by atoms with Crippen LogP contribution in [0.5, 0.6) is 5.75 Å². The summed E-state index contributed by atoms with van der Waals surface area (Å²) in [5.41, 5.74) is 5.76. The van der Waals surface area contributed by atoms with Crippen LogP contribution in [0.2, 0.25) is 0 Å². The van der Waals surface area contributed by atoms with Crippen molar-refractivity contribution in [3.8, 4) is 5.75 Å². The zero-order chi connectivity index (χ0) is 15.5. The van der Waals surface area contributed by atoms with E-state index in [1.54, 1.807) is 12.1 Å². The highest BCUT2D eigenvalue weighted by molar-refractivity contribution is 9.10. The Morgan fingerprint density at radius 1 is 1.38 bits per heavy atom. The zero-order valence-electron chi connectivity index (χ0n) is 12.0. The van der Waals surface area contributed by atoms with Crippen LogP contribution in [-0.2, 0) is 10.0 Å². The number of hydrogen-bond donors (Lipinski definition) is 2. The third-order valence-corrected chi connectivity index (χ3v) is 6.43. The summed E-state index contributed by atoms with van der Waals surface area (Å²) in [4.78, 5) is 0.197. The van der Waals surface area contributed by atoms with Crippen molar-refractivity contribution in [1.82, 2.24) is 4.72 Å². The summed E-state index contributed by atoms with van der Waals surface area (Å²) >= 11 is 3.29. The predicted molar refractivity (Wildman–Crippen MR) is 85.8 cm³/mol. The minimum absolute atomic E-state index is 0.0909. The van der Waals surface area contributed by atoms with E-state index in [-0.39, 0.29) is 16.9 Å². The third kappa shape index (κ3) is 3.97. The van der Waals surface area contributed by atoms with E-state index in [4.69, 9.17) is 10.5 Å². The molecule has 0 heterocycles. The summed E-state index contributed by atoms with van der Waals surface area (Å²) in [5, 5.41) is 0. The topological polar surface area (TPSA) is 81.4 Å². The summed E-state index contributed by atoms with van der Waals surface area (Å²) in [6.07, 6.45) is 3.96. The lowest BCUT2D eigenvalue weighted by molar-refractivity contribution is 0.296. The molecule has 0 aromatic heterocycles. The molecule has 1 aliphatic rings. The molecule has 1 aromatic rings. The molecule has 0 bridgehead atoms. The second-order valence-electron chi connectivity index (χ2n) is 5.30. The first-order valence-electron chi connectivity index (χ1n) is 7.04. The third-order valence-electron chi connectivity index (χ3n) is 3.95. The van der Waals surface area contributed by atoms with Gasteiger partial charge < -0.3 is 10.5 Å². The van der Waals surface area contributed by atoms with Gasteiger partial charge in [-0.05, 0) is 53.4 Å². The van der Waals surface area contributed by atoms with Gasteiger partial charge in [-0.15, -0.1) is 0 Å². The summed E-state index contributed by atoms with van der Waals surface area (Å²) in [7, 11) is -2.09. The lowest BCUT2D eigenvalue weighted by Crippen LogP contribution is -2.44. The van der Waals surface area contributed by atoms with Gasteiger partial charge in [0.1, 0.15) is 5.75 Å². The van der Waals surface area contributed by atoms with E-state index in [1.807, 2.05) is 0 Å². The lowest BCUT2D eigenvalue weighted by Gasteiger charge is -2.31. The number of nitrogens with two attached hydrogens (primary N) is 1. The molecule has 3 N–H and O–H groups in total. The van der Waals surface area contributed by atoms with Crippen molar-refractivity contribution >= 4 is 26.0 Å². The average Bonchev–Trinajstić information content (AvgIpc) is 2.47. The van der Waals surface area contributed by atoms with Crippen LogP contribution in [0.4, 0.5) is 0 Å². The Morgan fingerprint density at radius 2 is 2.10 bits per heavy atom. The van der Waals surface area contributed by atoms with Gasteiger partial charge in [0.05, 0.1) is 12.0 Å². The van der Waals surface area contributed by atoms with E-state index in [0.717, 1.165) is 25.7 Å². The molecule has 1 saturated carbocycles. The second kappa shape index (κ2) is 7.09. The molecule has 21 heavy (non-hydrogen) atoms. The fourth-order valence-corrected chi connectivity index (χ4v) is 5.04. The van der Waals surface area contributed by atoms with E-state index in [0.29, 0.717) is 16.8 Å². The van der Waals surface area contributed by atoms with E-state index in [9.17, 15) is 8.42 Å². The Bertz CT molecular complexity index is 592. The van der Waals surface area contributed by atoms with Crippen LogP contribution in [0.3, 0.4) is 0 Å². The standard InChI is InChI=1S/C14H21BrN2O3S/c1-20-11-6-7-12(15)14(8-11)21(18,19)17-13-5-3-2-4-10(13)9-16/h6-8,10,13,17H,2-5,9,16H2,1H3. The molecule has 118 valence electrons. The Kier molecular flexibility index (Phi) is 5.65. The summed E-state index contributed by atoms with van der Waals surface area (Å²) in [6, 6.07) is 4.82. The van der Waals surface area contributed by atoms with Crippen molar-refractivity contribution < 1.29 is 13.2 Å². The van der Waals surface area contributed by atoms with Gasteiger partial charge in [0.25, 0.3) is 0 Å². The van der Waals surface area contributed by atoms with Crippen LogP contribution in [-0.4, -0.2) is 28.1 Å². The van der Waals surface area contributed by atoms with Crippen molar-refractivity contribution in [3.63, 3.8) is 0 Å². The number of nitrogens with one attached hydrogen (secondary N) is 1. The summed E-state index contributed by atoms with van der Waals surface area (Å²) < 4.78 is 33.7. The molecule has 0 spiro atoms. The zero-order valence-corrected chi connectivity index (χ0v) is 14.4. The number of halogens is 1. The van der Waals surface area contributed by atoms with Gasteiger partial charge in [0.2, 0.25) is 10.0 Å². The first-order valence-corrected chi connectivity index (χ1v) is 9.31. The maximum absolute atomic E-state index is 12.6. The van der Waals surface area contributed by atoms with Gasteiger partial charge in [-0.2, -0.15) is 0 Å². The van der Waals surface area contributed by atoms with Gasteiger partial charge in [-0.3, -0.25) is 0 Å². The number of hydrogen-bond acceptors (Lipinski definition) is 4. The SMILES string of the molecule is COc1ccc(Br)c(S(=O)(=O)NC2CCCCC2CN)c1. The Balaban J connectivity index is 2.25. The molecule has 1 aliphatic carbocycles. The van der Waals surface area contributed by atoms with E-state index in [1.165, 1.54) is 13.2 Å². The fourth-order valence-electron chi connectivity index (χ4n) is 2.72. The number of methoxy groups -OCH3 is 1. The van der Waals surface area contributed by atoms with E-state index >= 15 is 0 Å². The first kappa shape index (κ1) is 16.7. The number of sulfonamides is 1. The van der Waals surface area contributed by atoms with Crippen LogP contribution in [0.1, 0.15) is 25.7 Å². The summed E-state index contributed by atoms with van der Waals surface area (Å²) in [5.74, 6) is 0.718. The highest BCUT2D eigenvalue weighted by Crippen LogP contribution is 2.29. The van der Waals surface area contributed by atoms with Crippen molar-refractivity contribution in [2.24, 2.45) is 11.7 Å². The van der Waals surface area contributed by atoms with Crippen molar-refractivity contribution in [2.75, 3.05) is 13.7 Å². The van der Waals surface area contributed by atoms with Gasteiger partial charge in [0.15, 0.2) is 0 Å². The van der Waals surface area contributed by atoms with Crippen LogP contribution in [0.15, 0.2) is 27.6 Å². The highest BCUT2D eigenvalue weighted by Gasteiger charge is 2.29. The Morgan fingerprint density at radius 3 is 2.76 bits per heavy atom. The fraction of sp³-hybridized carbons (Fsp3) is 0.571. The molecule has 2 unspecified atom stereocenters. The van der Waals surface area contributed by atoms with E-state index in [2.05, 4.69) is 20.7 Å². The minimum Gasteiger partial charge on any atom is -0.497 e. The second-order valence-corrected chi connectivity index (χ2v) is 7.84. The highest BCUT2D eigenvalue weighted by atomic mass is 79.9. The molecule has 1 aromatic carbocycles. The average molecular weight is 377 g/mol. The summed E-state index contributed by atoms with van der Waals surface area (Å²) in [6.45, 7) is 0.506. The van der Waals surface area contributed by atoms with Crippen LogP contribution in [0, 0.1) is 5.92 Å². The lowest BCUT2D eigenvalue weighted by atomic mass is 9.85. The normalized spacial score (nSPS) is 23.0. The molecule has 7 heteroatoms. The largest absolute Gasteiger partial charge is 0.497 e. The van der Waals surface area contributed by atoms with Gasteiger partial charge >= 0.3 is 0 Å². The number of rotatable bonds is 5. The maximum Gasteiger partial charge on any atom is 0.242 e. The molecule has 0 radical (unpaired) electrons. The van der Waals surface area contributed by atoms with Crippen molar-refractivity contribution in [2.45, 2.75) is 36.6 Å². The van der Waals surface area contributed by atoms with Gasteiger partial charge in [0, 0.05) is 16.6 Å². The molecule has 2 rings (SSSR count). The predicted octanol–water partition coefficient (Wildman–Crippen LogP) is 2.25. The smallest absolute Gasteiger partial charge is 0.242 e. The van der Waals surface area contributed by atoms with E-state index < -0.39 is 10.0 Å². The molecular formula is C14H21BrN2O3S.